The van der Waals surface area contributed by atoms with Crippen molar-refractivity contribution in [3.63, 3.8) is 0 Å². The second-order valence-corrected chi connectivity index (χ2v) is 6.55. The Morgan fingerprint density at radius 2 is 1.85 bits per heavy atom. The number of carbonyl (C=O) groups excluding carboxylic acids is 2. The second-order valence-electron chi connectivity index (χ2n) is 6.55. The Bertz CT molecular complexity index is 355. The Morgan fingerprint density at radius 3 is 2.60 bits per heavy atom. The quantitative estimate of drug-likeness (QED) is 0.704. The Labute approximate surface area is 121 Å². The van der Waals surface area contributed by atoms with Crippen LogP contribution in [0, 0.1) is 5.92 Å². The lowest BCUT2D eigenvalue weighted by molar-refractivity contribution is -0.928. The van der Waals surface area contributed by atoms with Crippen LogP contribution in [0.5, 0.6) is 0 Å². The van der Waals surface area contributed by atoms with Crippen molar-refractivity contribution >= 4 is 11.9 Å². The molecule has 2 rings (SSSR count). The smallest absolute Gasteiger partial charge is 0.321 e. The highest BCUT2D eigenvalue weighted by Gasteiger charge is 2.37. The van der Waals surface area contributed by atoms with Crippen LogP contribution in [0.15, 0.2) is 0 Å². The first-order valence-electron chi connectivity index (χ1n) is 8.01. The molecule has 0 aromatic rings. The summed E-state index contributed by atoms with van der Waals surface area (Å²) in [5, 5.41) is 5.13. The lowest BCUT2D eigenvalue weighted by Crippen LogP contribution is -3.18. The van der Waals surface area contributed by atoms with Gasteiger partial charge in [-0.3, -0.25) is 10.1 Å². The number of fused-ring (bicyclic) bond motifs is 1. The molecule has 1 heterocycles. The molecule has 0 aromatic carbocycles. The first-order chi connectivity index (χ1) is 9.56. The summed E-state index contributed by atoms with van der Waals surface area (Å²) in [4.78, 5) is 24.9. The normalized spacial score (nSPS) is 29.6. The van der Waals surface area contributed by atoms with Crippen molar-refractivity contribution < 1.29 is 14.5 Å². The number of carbonyl (C=O) groups is 2. The molecule has 0 spiro atoms. The van der Waals surface area contributed by atoms with Crippen molar-refractivity contribution in [3.8, 4) is 0 Å². The summed E-state index contributed by atoms with van der Waals surface area (Å²) in [7, 11) is 0. The van der Waals surface area contributed by atoms with Gasteiger partial charge in [-0.15, -0.1) is 0 Å². The molecule has 0 radical (unpaired) electrons. The SMILES string of the molecule is CC(C)NC(=O)NC(=O)C[NH+]1CCC[C@@H]2CCCC[C@@H]21. The van der Waals surface area contributed by atoms with Crippen LogP contribution >= 0.6 is 0 Å². The Hall–Kier alpha value is -1.10. The number of piperidine rings is 1. The molecule has 1 unspecified atom stereocenters. The van der Waals surface area contributed by atoms with Gasteiger partial charge in [0.05, 0.1) is 12.6 Å². The summed E-state index contributed by atoms with van der Waals surface area (Å²) in [5.41, 5.74) is 0. The van der Waals surface area contributed by atoms with Crippen molar-refractivity contribution in [3.05, 3.63) is 0 Å². The van der Waals surface area contributed by atoms with E-state index >= 15 is 0 Å². The molecule has 5 heteroatoms. The third-order valence-corrected chi connectivity index (χ3v) is 4.57. The molecule has 0 aromatic heterocycles. The zero-order valence-electron chi connectivity index (χ0n) is 12.7. The van der Waals surface area contributed by atoms with Gasteiger partial charge in [0, 0.05) is 12.0 Å². The minimum atomic E-state index is -0.374. The van der Waals surface area contributed by atoms with Crippen molar-refractivity contribution in [1.29, 1.82) is 0 Å². The molecular formula is C15H28N3O2+. The van der Waals surface area contributed by atoms with Crippen LogP contribution in [0.4, 0.5) is 4.79 Å². The monoisotopic (exact) mass is 282 g/mol. The predicted molar refractivity (Wildman–Crippen MR) is 77.5 cm³/mol. The minimum absolute atomic E-state index is 0.0489. The van der Waals surface area contributed by atoms with Crippen LogP contribution in [-0.4, -0.2) is 37.1 Å². The van der Waals surface area contributed by atoms with Gasteiger partial charge in [-0.05, 0) is 46.0 Å². The average Bonchev–Trinajstić information content (AvgIpc) is 2.38. The third-order valence-electron chi connectivity index (χ3n) is 4.57. The molecule has 5 nitrogen and oxygen atoms in total. The van der Waals surface area contributed by atoms with Crippen LogP contribution in [0.2, 0.25) is 0 Å². The van der Waals surface area contributed by atoms with Gasteiger partial charge in [-0.2, -0.15) is 0 Å². The van der Waals surface area contributed by atoms with Gasteiger partial charge in [0.2, 0.25) is 0 Å². The van der Waals surface area contributed by atoms with E-state index < -0.39 is 0 Å². The van der Waals surface area contributed by atoms with Crippen molar-refractivity contribution in [2.75, 3.05) is 13.1 Å². The van der Waals surface area contributed by atoms with E-state index in [1.807, 2.05) is 13.8 Å². The number of nitrogens with one attached hydrogen (secondary N) is 3. The fourth-order valence-electron chi connectivity index (χ4n) is 3.76. The minimum Gasteiger partial charge on any atom is -0.336 e. The van der Waals surface area contributed by atoms with Gasteiger partial charge in [0.1, 0.15) is 0 Å². The average molecular weight is 282 g/mol. The molecule has 20 heavy (non-hydrogen) atoms. The first kappa shape index (κ1) is 15.3. The standard InChI is InChI=1S/C15H27N3O2/c1-11(2)16-15(20)17-14(19)10-18-9-5-7-12-6-3-4-8-13(12)18/h11-13H,3-10H2,1-2H3,(H2,16,17,19,20)/p+1/t12-,13-/m0/s1. The van der Waals surface area contributed by atoms with Gasteiger partial charge in [-0.1, -0.05) is 6.42 Å². The van der Waals surface area contributed by atoms with E-state index in [2.05, 4.69) is 10.6 Å². The molecule has 2 aliphatic rings. The van der Waals surface area contributed by atoms with E-state index in [1.165, 1.54) is 43.4 Å². The Kier molecular flexibility index (Phi) is 5.40. The first-order valence-corrected chi connectivity index (χ1v) is 8.01. The van der Waals surface area contributed by atoms with E-state index in [4.69, 9.17) is 0 Å². The van der Waals surface area contributed by atoms with Crippen molar-refractivity contribution in [1.82, 2.24) is 10.6 Å². The van der Waals surface area contributed by atoms with Gasteiger partial charge >= 0.3 is 6.03 Å². The molecule has 2 fully saturated rings. The second kappa shape index (κ2) is 7.07. The van der Waals surface area contributed by atoms with E-state index in [0.717, 1.165) is 12.5 Å². The van der Waals surface area contributed by atoms with Gasteiger partial charge < -0.3 is 10.2 Å². The van der Waals surface area contributed by atoms with E-state index in [9.17, 15) is 9.59 Å². The number of hydrogen-bond donors (Lipinski definition) is 3. The van der Waals surface area contributed by atoms with Gasteiger partial charge in [0.15, 0.2) is 6.54 Å². The maximum atomic E-state index is 12.0. The number of urea groups is 1. The lowest BCUT2D eigenvalue weighted by atomic mass is 9.78. The summed E-state index contributed by atoms with van der Waals surface area (Å²) < 4.78 is 0. The molecule has 0 bridgehead atoms. The Balaban J connectivity index is 1.82. The topological polar surface area (TPSA) is 62.6 Å². The van der Waals surface area contributed by atoms with Crippen molar-refractivity contribution in [2.24, 2.45) is 5.92 Å². The maximum Gasteiger partial charge on any atom is 0.321 e. The van der Waals surface area contributed by atoms with E-state index in [1.54, 1.807) is 0 Å². The van der Waals surface area contributed by atoms with E-state index in [-0.39, 0.29) is 18.0 Å². The van der Waals surface area contributed by atoms with Gasteiger partial charge in [0.25, 0.3) is 5.91 Å². The van der Waals surface area contributed by atoms with Crippen LogP contribution in [-0.2, 0) is 4.79 Å². The van der Waals surface area contributed by atoms with E-state index in [0.29, 0.717) is 12.6 Å². The summed E-state index contributed by atoms with van der Waals surface area (Å²) in [6.07, 6.45) is 7.73. The Morgan fingerprint density at radius 1 is 1.15 bits per heavy atom. The molecule has 1 aliphatic heterocycles. The fraction of sp³-hybridized carbons (Fsp3) is 0.867. The molecule has 1 saturated carbocycles. The zero-order valence-corrected chi connectivity index (χ0v) is 12.7. The lowest BCUT2D eigenvalue weighted by Gasteiger charge is -2.40. The van der Waals surface area contributed by atoms with Gasteiger partial charge in [-0.25, -0.2) is 4.79 Å². The summed E-state index contributed by atoms with van der Waals surface area (Å²) in [6, 6.07) is 0.311. The number of rotatable bonds is 3. The number of quaternary nitrogens is 1. The third kappa shape index (κ3) is 4.20. The summed E-state index contributed by atoms with van der Waals surface area (Å²) >= 11 is 0. The number of amides is 3. The van der Waals surface area contributed by atoms with Crippen LogP contribution in [0.1, 0.15) is 52.4 Å². The highest BCUT2D eigenvalue weighted by molar-refractivity contribution is 5.94. The summed E-state index contributed by atoms with van der Waals surface area (Å²) in [5.74, 6) is 0.647. The molecular weight excluding hydrogens is 254 g/mol. The molecule has 1 aliphatic carbocycles. The number of hydrogen-bond acceptors (Lipinski definition) is 2. The fourth-order valence-corrected chi connectivity index (χ4v) is 3.76. The van der Waals surface area contributed by atoms with Crippen molar-refractivity contribution in [2.45, 2.75) is 64.5 Å². The predicted octanol–water partition coefficient (Wildman–Crippen LogP) is 0.458. The molecule has 3 N–H and O–H groups in total. The number of imide groups is 1. The molecule has 3 amide bonds. The molecule has 114 valence electrons. The summed E-state index contributed by atoms with van der Waals surface area (Å²) in [6.45, 7) is 5.27. The maximum absolute atomic E-state index is 12.0. The highest BCUT2D eigenvalue weighted by atomic mass is 16.2. The zero-order chi connectivity index (χ0) is 14.5. The molecule has 3 atom stereocenters. The largest absolute Gasteiger partial charge is 0.336 e. The number of likely N-dealkylation sites (tertiary alicyclic amines) is 1. The van der Waals surface area contributed by atoms with Crippen LogP contribution < -0.4 is 15.5 Å². The molecule has 1 saturated heterocycles. The van der Waals surface area contributed by atoms with Crippen LogP contribution in [0.25, 0.3) is 0 Å². The van der Waals surface area contributed by atoms with Crippen LogP contribution in [0.3, 0.4) is 0 Å². The highest BCUT2D eigenvalue weighted by Crippen LogP contribution is 2.28.